The van der Waals surface area contributed by atoms with E-state index in [1.165, 1.54) is 6.07 Å². The predicted molar refractivity (Wildman–Crippen MR) is 97.7 cm³/mol. The summed E-state index contributed by atoms with van der Waals surface area (Å²) >= 11 is 3.25. The molecule has 1 fully saturated rings. The average molecular weight is 430 g/mol. The molecule has 0 bridgehead atoms. The molecule has 1 aliphatic heterocycles. The van der Waals surface area contributed by atoms with Crippen LogP contribution in [0.3, 0.4) is 0 Å². The first-order valence-corrected chi connectivity index (χ1v) is 9.03. The van der Waals surface area contributed by atoms with Crippen molar-refractivity contribution in [3.8, 4) is 0 Å². The van der Waals surface area contributed by atoms with Gasteiger partial charge in [-0.3, -0.25) is 4.90 Å². The first kappa shape index (κ1) is 21.7. The molecule has 1 saturated heterocycles. The molecule has 2 nitrogen and oxygen atoms in total. The Morgan fingerprint density at radius 2 is 1.83 bits per heavy atom. The Morgan fingerprint density at radius 1 is 1.17 bits per heavy atom. The number of benzene rings is 1. The maximum atomic E-state index is 13.1. The van der Waals surface area contributed by atoms with Crippen LogP contribution in [0, 0.1) is 0 Å². The van der Waals surface area contributed by atoms with Crippen LogP contribution in [0.15, 0.2) is 22.7 Å². The fourth-order valence-corrected chi connectivity index (χ4v) is 3.62. The molecule has 1 heterocycles. The van der Waals surface area contributed by atoms with E-state index in [1.54, 1.807) is 0 Å². The first-order chi connectivity index (χ1) is 10.9. The number of nitrogens with zero attached hydrogens (tertiary/aromatic N) is 1. The Morgan fingerprint density at radius 3 is 2.42 bits per heavy atom. The third-order valence-corrected chi connectivity index (χ3v) is 4.76. The normalized spacial score (nSPS) is 17.4. The maximum Gasteiger partial charge on any atom is 0.416 e. The summed E-state index contributed by atoms with van der Waals surface area (Å²) in [5.74, 6) is 0. The zero-order valence-electron chi connectivity index (χ0n) is 13.8. The monoisotopic (exact) mass is 428 g/mol. The zero-order chi connectivity index (χ0) is 16.9. The van der Waals surface area contributed by atoms with Gasteiger partial charge in [-0.15, -0.1) is 12.4 Å². The van der Waals surface area contributed by atoms with E-state index in [4.69, 9.17) is 0 Å². The van der Waals surface area contributed by atoms with Gasteiger partial charge in [0, 0.05) is 36.7 Å². The van der Waals surface area contributed by atoms with E-state index in [1.807, 2.05) is 6.07 Å². The lowest BCUT2D eigenvalue weighted by molar-refractivity contribution is -0.137. The predicted octanol–water partition coefficient (Wildman–Crippen LogP) is 5.42. The molecule has 1 aromatic rings. The zero-order valence-corrected chi connectivity index (χ0v) is 16.2. The Balaban J connectivity index is 0.00000288. The Hall–Kier alpha value is -0.300. The van der Waals surface area contributed by atoms with E-state index in [-0.39, 0.29) is 18.4 Å². The number of alkyl halides is 3. The molecule has 0 unspecified atom stereocenters. The molecule has 0 amide bonds. The lowest BCUT2D eigenvalue weighted by Gasteiger charge is -2.35. The topological polar surface area (TPSA) is 15.3 Å². The summed E-state index contributed by atoms with van der Waals surface area (Å²) in [6.45, 7) is 5.69. The summed E-state index contributed by atoms with van der Waals surface area (Å²) in [7, 11) is 0. The summed E-state index contributed by atoms with van der Waals surface area (Å²) < 4.78 is 39.8. The van der Waals surface area contributed by atoms with Gasteiger partial charge in [0.25, 0.3) is 0 Å². The highest BCUT2D eigenvalue weighted by Gasteiger charge is 2.32. The fourth-order valence-electron chi connectivity index (χ4n) is 3.11. The van der Waals surface area contributed by atoms with Crippen molar-refractivity contribution in [2.24, 2.45) is 0 Å². The molecule has 1 aromatic carbocycles. The molecule has 1 N–H and O–H groups in total. The summed E-state index contributed by atoms with van der Waals surface area (Å²) in [5.41, 5.74) is 0.196. The second-order valence-electron chi connectivity index (χ2n) is 6.07. The quantitative estimate of drug-likeness (QED) is 0.608. The number of hydrogen-bond acceptors (Lipinski definition) is 2. The molecule has 0 spiro atoms. The van der Waals surface area contributed by atoms with E-state index in [0.29, 0.717) is 4.47 Å². The summed E-state index contributed by atoms with van der Waals surface area (Å²) in [6.07, 6.45) is -0.139. The molecule has 0 saturated carbocycles. The van der Waals surface area contributed by atoms with Gasteiger partial charge in [-0.25, -0.2) is 0 Å². The van der Waals surface area contributed by atoms with Crippen LogP contribution in [0.5, 0.6) is 0 Å². The van der Waals surface area contributed by atoms with Crippen LogP contribution in [-0.4, -0.2) is 31.1 Å². The van der Waals surface area contributed by atoms with Crippen LogP contribution in [0.25, 0.3) is 0 Å². The summed E-state index contributed by atoms with van der Waals surface area (Å²) in [6, 6.07) is 4.38. The minimum absolute atomic E-state index is 0. The standard InChI is InChI=1S/C17H24BrF3N2.ClH/c1-2-3-4-5-16(23-8-6-22-7-9-23)13-10-14(17(19,20)21)12-15(18)11-13;/h10-12,16,22H,2-9H2,1H3;1H/t16-;/m0./s1. The van der Waals surface area contributed by atoms with Crippen molar-refractivity contribution in [2.45, 2.75) is 44.8 Å². The number of rotatable bonds is 6. The molecule has 0 aromatic heterocycles. The Kier molecular flexibility index (Phi) is 9.06. The van der Waals surface area contributed by atoms with Gasteiger partial charge in [0.2, 0.25) is 0 Å². The number of nitrogens with one attached hydrogen (secondary N) is 1. The van der Waals surface area contributed by atoms with Gasteiger partial charge in [0.05, 0.1) is 5.56 Å². The lowest BCUT2D eigenvalue weighted by atomic mass is 9.96. The van der Waals surface area contributed by atoms with E-state index >= 15 is 0 Å². The largest absolute Gasteiger partial charge is 0.416 e. The lowest BCUT2D eigenvalue weighted by Crippen LogP contribution is -2.45. The Labute approximate surface area is 156 Å². The van der Waals surface area contributed by atoms with Gasteiger partial charge >= 0.3 is 6.18 Å². The van der Waals surface area contributed by atoms with Crippen molar-refractivity contribution in [3.05, 3.63) is 33.8 Å². The highest BCUT2D eigenvalue weighted by molar-refractivity contribution is 9.10. The van der Waals surface area contributed by atoms with E-state index < -0.39 is 11.7 Å². The average Bonchev–Trinajstić information content (AvgIpc) is 2.51. The molecular formula is C17H25BrClF3N2. The van der Waals surface area contributed by atoms with Gasteiger partial charge in [-0.1, -0.05) is 42.1 Å². The van der Waals surface area contributed by atoms with Gasteiger partial charge in [-0.2, -0.15) is 13.2 Å². The minimum Gasteiger partial charge on any atom is -0.314 e. The van der Waals surface area contributed by atoms with Gasteiger partial charge in [0.1, 0.15) is 0 Å². The third kappa shape index (κ3) is 6.21. The number of unbranched alkanes of at least 4 members (excludes halogenated alkanes) is 2. The summed E-state index contributed by atoms with van der Waals surface area (Å²) in [4.78, 5) is 2.31. The third-order valence-electron chi connectivity index (χ3n) is 4.31. The van der Waals surface area contributed by atoms with Crippen LogP contribution in [0.2, 0.25) is 0 Å². The second-order valence-corrected chi connectivity index (χ2v) is 6.98. The second kappa shape index (κ2) is 10.00. The number of halogens is 5. The number of piperazine rings is 1. The molecule has 7 heteroatoms. The van der Waals surface area contributed by atoms with Crippen molar-refractivity contribution >= 4 is 28.3 Å². The Bertz CT molecular complexity index is 505. The smallest absolute Gasteiger partial charge is 0.314 e. The molecule has 24 heavy (non-hydrogen) atoms. The van der Waals surface area contributed by atoms with Crippen LogP contribution >= 0.6 is 28.3 Å². The highest BCUT2D eigenvalue weighted by atomic mass is 79.9. The van der Waals surface area contributed by atoms with E-state index in [0.717, 1.165) is 63.5 Å². The molecule has 0 aliphatic carbocycles. The van der Waals surface area contributed by atoms with Crippen LogP contribution in [0.4, 0.5) is 13.2 Å². The van der Waals surface area contributed by atoms with Gasteiger partial charge in [0.15, 0.2) is 0 Å². The first-order valence-electron chi connectivity index (χ1n) is 8.24. The maximum absolute atomic E-state index is 13.1. The van der Waals surface area contributed by atoms with Crippen molar-refractivity contribution < 1.29 is 13.2 Å². The van der Waals surface area contributed by atoms with Crippen LogP contribution in [-0.2, 0) is 6.18 Å². The van der Waals surface area contributed by atoms with Crippen molar-refractivity contribution in [2.75, 3.05) is 26.2 Å². The van der Waals surface area contributed by atoms with Crippen molar-refractivity contribution in [3.63, 3.8) is 0 Å². The molecular weight excluding hydrogens is 405 g/mol. The summed E-state index contributed by atoms with van der Waals surface area (Å²) in [5, 5.41) is 3.30. The number of hydrogen-bond donors (Lipinski definition) is 1. The molecule has 0 radical (unpaired) electrons. The van der Waals surface area contributed by atoms with E-state index in [9.17, 15) is 13.2 Å². The van der Waals surface area contributed by atoms with E-state index in [2.05, 4.69) is 33.1 Å². The molecule has 1 aliphatic rings. The van der Waals surface area contributed by atoms with Crippen LogP contribution in [0.1, 0.15) is 49.8 Å². The van der Waals surface area contributed by atoms with Gasteiger partial charge < -0.3 is 5.32 Å². The SMILES string of the molecule is CCCCC[C@@H](c1cc(Br)cc(C(F)(F)F)c1)N1CCNCC1.Cl. The molecule has 2 rings (SSSR count). The molecule has 1 atom stereocenters. The van der Waals surface area contributed by atoms with Gasteiger partial charge in [-0.05, 0) is 30.2 Å². The fraction of sp³-hybridized carbons (Fsp3) is 0.647. The van der Waals surface area contributed by atoms with Crippen molar-refractivity contribution in [1.82, 2.24) is 10.2 Å². The minimum atomic E-state index is -4.31. The van der Waals surface area contributed by atoms with Crippen LogP contribution < -0.4 is 5.32 Å². The molecule has 138 valence electrons. The highest BCUT2D eigenvalue weighted by Crippen LogP contribution is 2.36. The van der Waals surface area contributed by atoms with Crippen molar-refractivity contribution in [1.29, 1.82) is 0 Å².